The van der Waals surface area contributed by atoms with Gasteiger partial charge >= 0.3 is 5.97 Å². The van der Waals surface area contributed by atoms with Gasteiger partial charge in [0, 0.05) is 0 Å². The Morgan fingerprint density at radius 3 is 2.54 bits per heavy atom. The standard InChI is InChI=1S/C16H21N3O4S/c1-16(2,3)15(20)23-12-19-10-14(9-17-19)18-24(21,22)11-13-7-5-4-6-8-13/h4-10,18H,11-12H2,1-3H3. The van der Waals surface area contributed by atoms with Crippen molar-refractivity contribution in [1.82, 2.24) is 9.78 Å². The quantitative estimate of drug-likeness (QED) is 0.807. The van der Waals surface area contributed by atoms with E-state index in [1.807, 2.05) is 6.07 Å². The lowest BCUT2D eigenvalue weighted by Crippen LogP contribution is -2.24. The average molecular weight is 351 g/mol. The molecule has 1 aromatic heterocycles. The van der Waals surface area contributed by atoms with Gasteiger partial charge in [0.25, 0.3) is 0 Å². The summed E-state index contributed by atoms with van der Waals surface area (Å²) < 4.78 is 33.2. The van der Waals surface area contributed by atoms with Crippen LogP contribution in [-0.4, -0.2) is 24.2 Å². The van der Waals surface area contributed by atoms with E-state index in [2.05, 4.69) is 9.82 Å². The van der Waals surface area contributed by atoms with Crippen LogP contribution in [0.3, 0.4) is 0 Å². The molecule has 0 aliphatic carbocycles. The van der Waals surface area contributed by atoms with Crippen molar-refractivity contribution in [1.29, 1.82) is 0 Å². The minimum atomic E-state index is -3.54. The van der Waals surface area contributed by atoms with E-state index in [1.165, 1.54) is 17.1 Å². The van der Waals surface area contributed by atoms with Gasteiger partial charge in [0.2, 0.25) is 10.0 Å². The first-order chi connectivity index (χ1) is 11.2. The third-order valence-electron chi connectivity index (χ3n) is 3.05. The second-order valence-electron chi connectivity index (χ2n) is 6.43. The van der Waals surface area contributed by atoms with E-state index in [9.17, 15) is 13.2 Å². The zero-order valence-corrected chi connectivity index (χ0v) is 14.7. The average Bonchev–Trinajstić information content (AvgIpc) is 2.90. The van der Waals surface area contributed by atoms with Crippen LogP contribution >= 0.6 is 0 Å². The van der Waals surface area contributed by atoms with Gasteiger partial charge < -0.3 is 4.74 Å². The molecule has 130 valence electrons. The zero-order valence-electron chi connectivity index (χ0n) is 13.9. The Kier molecular flexibility index (Phi) is 5.28. The predicted octanol–water partition coefficient (Wildman–Crippen LogP) is 2.37. The summed E-state index contributed by atoms with van der Waals surface area (Å²) >= 11 is 0. The Bertz CT molecular complexity index is 792. The summed E-state index contributed by atoms with van der Waals surface area (Å²) in [7, 11) is -3.54. The molecule has 0 radical (unpaired) electrons. The number of aromatic nitrogens is 2. The van der Waals surface area contributed by atoms with Gasteiger partial charge in [0.1, 0.15) is 0 Å². The molecule has 0 fully saturated rings. The van der Waals surface area contributed by atoms with E-state index in [4.69, 9.17) is 4.74 Å². The normalized spacial score (nSPS) is 12.0. The molecule has 2 aromatic rings. The molecule has 0 spiro atoms. The Morgan fingerprint density at radius 1 is 1.25 bits per heavy atom. The molecule has 0 atom stereocenters. The van der Waals surface area contributed by atoms with Crippen LogP contribution in [0.4, 0.5) is 5.69 Å². The zero-order chi connectivity index (χ0) is 17.8. The summed E-state index contributed by atoms with van der Waals surface area (Å²) in [5, 5.41) is 3.97. The highest BCUT2D eigenvalue weighted by Crippen LogP contribution is 2.16. The number of hydrogen-bond acceptors (Lipinski definition) is 5. The molecule has 7 nitrogen and oxygen atoms in total. The molecule has 0 amide bonds. The molecule has 1 heterocycles. The number of carbonyl (C=O) groups is 1. The Morgan fingerprint density at radius 2 is 1.92 bits per heavy atom. The van der Waals surface area contributed by atoms with Crippen LogP contribution in [0, 0.1) is 5.41 Å². The molecule has 24 heavy (non-hydrogen) atoms. The molecular weight excluding hydrogens is 330 g/mol. The Labute approximate surface area is 141 Å². The van der Waals surface area contributed by atoms with Crippen molar-refractivity contribution >= 4 is 21.7 Å². The van der Waals surface area contributed by atoms with Crippen molar-refractivity contribution in [3.63, 3.8) is 0 Å². The van der Waals surface area contributed by atoms with Crippen LogP contribution in [-0.2, 0) is 32.0 Å². The highest BCUT2D eigenvalue weighted by atomic mass is 32.2. The van der Waals surface area contributed by atoms with Crippen LogP contribution < -0.4 is 4.72 Å². The van der Waals surface area contributed by atoms with Crippen molar-refractivity contribution < 1.29 is 17.9 Å². The topological polar surface area (TPSA) is 90.3 Å². The van der Waals surface area contributed by atoms with Crippen molar-refractivity contribution in [2.75, 3.05) is 4.72 Å². The van der Waals surface area contributed by atoms with Gasteiger partial charge in [0.05, 0.1) is 29.2 Å². The second-order valence-corrected chi connectivity index (χ2v) is 8.15. The van der Waals surface area contributed by atoms with Gasteiger partial charge in [-0.25, -0.2) is 13.1 Å². The van der Waals surface area contributed by atoms with E-state index < -0.39 is 15.4 Å². The molecule has 0 unspecified atom stereocenters. The monoisotopic (exact) mass is 351 g/mol. The minimum Gasteiger partial charge on any atom is -0.442 e. The van der Waals surface area contributed by atoms with E-state index in [0.29, 0.717) is 11.3 Å². The molecule has 0 bridgehead atoms. The molecule has 0 aliphatic rings. The molecule has 0 saturated carbocycles. The highest BCUT2D eigenvalue weighted by molar-refractivity contribution is 7.91. The molecule has 1 N–H and O–H groups in total. The lowest BCUT2D eigenvalue weighted by atomic mass is 9.98. The van der Waals surface area contributed by atoms with Crippen LogP contribution in [0.2, 0.25) is 0 Å². The number of anilines is 1. The summed E-state index contributed by atoms with van der Waals surface area (Å²) in [5.74, 6) is -0.484. The first-order valence-electron chi connectivity index (χ1n) is 7.40. The molecule has 1 aromatic carbocycles. The van der Waals surface area contributed by atoms with Crippen molar-refractivity contribution in [2.24, 2.45) is 5.41 Å². The highest BCUT2D eigenvalue weighted by Gasteiger charge is 2.23. The smallest absolute Gasteiger partial charge is 0.313 e. The van der Waals surface area contributed by atoms with Gasteiger partial charge in [0.15, 0.2) is 6.73 Å². The number of ether oxygens (including phenoxy) is 1. The van der Waals surface area contributed by atoms with Gasteiger partial charge in [-0.15, -0.1) is 0 Å². The molecule has 2 rings (SSSR count). The third kappa shape index (κ3) is 5.38. The number of nitrogens with zero attached hydrogens (tertiary/aromatic N) is 2. The predicted molar refractivity (Wildman–Crippen MR) is 90.5 cm³/mol. The maximum Gasteiger partial charge on any atom is 0.313 e. The van der Waals surface area contributed by atoms with Gasteiger partial charge in [-0.05, 0) is 26.3 Å². The number of nitrogens with one attached hydrogen (secondary N) is 1. The van der Waals surface area contributed by atoms with Crippen LogP contribution in [0.5, 0.6) is 0 Å². The fourth-order valence-corrected chi connectivity index (χ4v) is 3.01. The number of benzene rings is 1. The summed E-state index contributed by atoms with van der Waals surface area (Å²) in [6.07, 6.45) is 2.84. The van der Waals surface area contributed by atoms with E-state index in [-0.39, 0.29) is 18.5 Å². The fourth-order valence-electron chi connectivity index (χ4n) is 1.84. The lowest BCUT2D eigenvalue weighted by molar-refractivity contribution is -0.157. The third-order valence-corrected chi connectivity index (χ3v) is 4.31. The summed E-state index contributed by atoms with van der Waals surface area (Å²) in [5.41, 5.74) is 0.405. The minimum absolute atomic E-state index is 0.0729. The Hall–Kier alpha value is -2.35. The van der Waals surface area contributed by atoms with E-state index in [1.54, 1.807) is 45.0 Å². The SMILES string of the molecule is CC(C)(C)C(=O)OCn1cc(NS(=O)(=O)Cc2ccccc2)cn1. The number of esters is 1. The number of hydrogen-bond donors (Lipinski definition) is 1. The van der Waals surface area contributed by atoms with Crippen LogP contribution in [0.25, 0.3) is 0 Å². The van der Waals surface area contributed by atoms with Crippen LogP contribution in [0.15, 0.2) is 42.7 Å². The molecular formula is C16H21N3O4S. The Balaban J connectivity index is 1.94. The van der Waals surface area contributed by atoms with Gasteiger partial charge in [-0.1, -0.05) is 30.3 Å². The van der Waals surface area contributed by atoms with Gasteiger partial charge in [-0.2, -0.15) is 5.10 Å². The van der Waals surface area contributed by atoms with Crippen molar-refractivity contribution in [3.8, 4) is 0 Å². The first kappa shape index (κ1) is 18.0. The van der Waals surface area contributed by atoms with E-state index in [0.717, 1.165) is 0 Å². The maximum absolute atomic E-state index is 12.1. The lowest BCUT2D eigenvalue weighted by Gasteiger charge is -2.16. The summed E-state index contributed by atoms with van der Waals surface area (Å²) in [6, 6.07) is 8.88. The maximum atomic E-state index is 12.1. The second kappa shape index (κ2) is 7.04. The molecule has 0 aliphatic heterocycles. The number of sulfonamides is 1. The number of carbonyl (C=O) groups excluding carboxylic acids is 1. The molecule has 8 heteroatoms. The van der Waals surface area contributed by atoms with Crippen LogP contribution in [0.1, 0.15) is 26.3 Å². The summed E-state index contributed by atoms with van der Waals surface area (Å²) in [6.45, 7) is 5.18. The van der Waals surface area contributed by atoms with E-state index >= 15 is 0 Å². The largest absolute Gasteiger partial charge is 0.442 e. The summed E-state index contributed by atoms with van der Waals surface area (Å²) in [4.78, 5) is 11.7. The molecule has 0 saturated heterocycles. The van der Waals surface area contributed by atoms with Gasteiger partial charge in [-0.3, -0.25) is 9.52 Å². The van der Waals surface area contributed by atoms with Crippen molar-refractivity contribution in [2.45, 2.75) is 33.3 Å². The first-order valence-corrected chi connectivity index (χ1v) is 9.05. The number of rotatable bonds is 6. The van der Waals surface area contributed by atoms with Crippen molar-refractivity contribution in [3.05, 3.63) is 48.3 Å². The fraction of sp³-hybridized carbons (Fsp3) is 0.375.